The number of carbonyl (C=O) groups is 1. The number of nitrogens with zero attached hydrogens (tertiary/aromatic N) is 1. The second-order valence-electron chi connectivity index (χ2n) is 8.87. The zero-order valence-corrected chi connectivity index (χ0v) is 19.6. The summed E-state index contributed by atoms with van der Waals surface area (Å²) >= 11 is 0. The molecule has 0 fully saturated rings. The predicted molar refractivity (Wildman–Crippen MR) is 132 cm³/mol. The van der Waals surface area contributed by atoms with Crippen LogP contribution in [0.15, 0.2) is 75.9 Å². The maximum absolute atomic E-state index is 13.7. The summed E-state index contributed by atoms with van der Waals surface area (Å²) in [6.07, 6.45) is 0.778. The van der Waals surface area contributed by atoms with Crippen molar-refractivity contribution in [3.05, 3.63) is 111 Å². The number of benzene rings is 3. The summed E-state index contributed by atoms with van der Waals surface area (Å²) in [7, 11) is 0. The molecule has 1 unspecified atom stereocenters. The number of ether oxygens (including phenoxy) is 1. The Kier molecular flexibility index (Phi) is 5.70. The van der Waals surface area contributed by atoms with Crippen LogP contribution in [0.1, 0.15) is 57.8 Å². The first-order valence-electron chi connectivity index (χ1n) is 11.6. The number of rotatable bonds is 6. The van der Waals surface area contributed by atoms with Crippen LogP contribution in [0.5, 0.6) is 5.75 Å². The Labute approximate surface area is 198 Å². The van der Waals surface area contributed by atoms with Gasteiger partial charge in [0.15, 0.2) is 5.43 Å². The maximum atomic E-state index is 13.7. The highest BCUT2D eigenvalue weighted by Gasteiger charge is 2.42. The molecular formula is C29H27NO4. The normalized spacial score (nSPS) is 15.1. The number of amides is 1. The van der Waals surface area contributed by atoms with Crippen molar-refractivity contribution in [3.63, 3.8) is 0 Å². The zero-order chi connectivity index (χ0) is 23.8. The molecule has 0 spiro atoms. The summed E-state index contributed by atoms with van der Waals surface area (Å²) in [6.45, 7) is 6.89. The minimum absolute atomic E-state index is 0.130. The number of fused-ring (bicyclic) bond motifs is 2. The average molecular weight is 454 g/mol. The maximum Gasteiger partial charge on any atom is 0.290 e. The topological polar surface area (TPSA) is 59.8 Å². The first-order valence-corrected chi connectivity index (χ1v) is 11.6. The van der Waals surface area contributed by atoms with Crippen LogP contribution in [0.4, 0.5) is 0 Å². The lowest BCUT2D eigenvalue weighted by molar-refractivity contribution is 0.0728. The molecule has 3 aromatic carbocycles. The molecule has 34 heavy (non-hydrogen) atoms. The van der Waals surface area contributed by atoms with Crippen molar-refractivity contribution in [2.75, 3.05) is 6.54 Å². The molecule has 1 atom stereocenters. The summed E-state index contributed by atoms with van der Waals surface area (Å²) in [5, 5.41) is 0.545. The highest BCUT2D eigenvalue weighted by atomic mass is 16.5. The van der Waals surface area contributed by atoms with E-state index in [9.17, 15) is 9.59 Å². The molecule has 172 valence electrons. The van der Waals surface area contributed by atoms with Gasteiger partial charge in [0.1, 0.15) is 17.9 Å². The van der Waals surface area contributed by atoms with Gasteiger partial charge in [-0.1, -0.05) is 55.5 Å². The van der Waals surface area contributed by atoms with E-state index < -0.39 is 6.04 Å². The van der Waals surface area contributed by atoms with Gasteiger partial charge >= 0.3 is 0 Å². The Balaban J connectivity index is 1.55. The third-order valence-electron chi connectivity index (χ3n) is 6.32. The van der Waals surface area contributed by atoms with Crippen LogP contribution in [0.25, 0.3) is 11.0 Å². The van der Waals surface area contributed by atoms with E-state index >= 15 is 0 Å². The Morgan fingerprint density at radius 1 is 0.971 bits per heavy atom. The summed E-state index contributed by atoms with van der Waals surface area (Å²) in [4.78, 5) is 28.8. The molecule has 1 aliphatic heterocycles. The van der Waals surface area contributed by atoms with Gasteiger partial charge in [0.05, 0.1) is 17.0 Å². The van der Waals surface area contributed by atoms with Gasteiger partial charge < -0.3 is 14.1 Å². The Bertz CT molecular complexity index is 1420. The molecule has 2 heterocycles. The highest BCUT2D eigenvalue weighted by Crippen LogP contribution is 2.39. The molecule has 1 amide bonds. The largest absolute Gasteiger partial charge is 0.489 e. The molecule has 0 radical (unpaired) electrons. The number of hydrogen-bond donors (Lipinski definition) is 0. The fourth-order valence-electron chi connectivity index (χ4n) is 4.82. The fourth-order valence-corrected chi connectivity index (χ4v) is 4.82. The molecule has 5 nitrogen and oxygen atoms in total. The summed E-state index contributed by atoms with van der Waals surface area (Å²) < 4.78 is 12.0. The number of hydrogen-bond acceptors (Lipinski definition) is 4. The van der Waals surface area contributed by atoms with Crippen LogP contribution < -0.4 is 10.2 Å². The van der Waals surface area contributed by atoms with Gasteiger partial charge in [-0.05, 0) is 60.7 Å². The SMILES string of the molecule is CCCN1C(=O)c2oc3cc(C)cc(C)c3c(=O)c2C1c1ccc(OCc2ccccc2)cc1. The van der Waals surface area contributed by atoms with Gasteiger partial charge in [0, 0.05) is 6.54 Å². The van der Waals surface area contributed by atoms with E-state index in [1.165, 1.54) is 0 Å². The lowest BCUT2D eigenvalue weighted by atomic mass is 9.97. The van der Waals surface area contributed by atoms with E-state index in [2.05, 4.69) is 0 Å². The van der Waals surface area contributed by atoms with Gasteiger partial charge in [-0.3, -0.25) is 9.59 Å². The van der Waals surface area contributed by atoms with Gasteiger partial charge in [-0.15, -0.1) is 0 Å². The van der Waals surface area contributed by atoms with E-state index in [1.807, 2.05) is 87.5 Å². The van der Waals surface area contributed by atoms with Crippen molar-refractivity contribution >= 4 is 16.9 Å². The van der Waals surface area contributed by atoms with E-state index in [1.54, 1.807) is 4.90 Å². The van der Waals surface area contributed by atoms with E-state index in [4.69, 9.17) is 9.15 Å². The fraction of sp³-hybridized carbons (Fsp3) is 0.241. The minimum Gasteiger partial charge on any atom is -0.489 e. The van der Waals surface area contributed by atoms with E-state index in [-0.39, 0.29) is 17.1 Å². The monoisotopic (exact) mass is 453 g/mol. The lowest BCUT2D eigenvalue weighted by Crippen LogP contribution is -2.30. The first-order chi connectivity index (χ1) is 16.5. The number of carbonyl (C=O) groups excluding carboxylic acids is 1. The van der Waals surface area contributed by atoms with Crippen LogP contribution >= 0.6 is 0 Å². The molecule has 0 N–H and O–H groups in total. The minimum atomic E-state index is -0.480. The van der Waals surface area contributed by atoms with E-state index in [0.717, 1.165) is 34.4 Å². The van der Waals surface area contributed by atoms with Crippen molar-refractivity contribution < 1.29 is 13.9 Å². The van der Waals surface area contributed by atoms with E-state index in [0.29, 0.717) is 29.7 Å². The van der Waals surface area contributed by atoms with Gasteiger partial charge in [-0.2, -0.15) is 0 Å². The zero-order valence-electron chi connectivity index (χ0n) is 19.6. The molecule has 0 saturated carbocycles. The highest BCUT2D eigenvalue weighted by molar-refractivity contribution is 5.99. The standard InChI is InChI=1S/C29H27NO4/c1-4-14-30-26(21-10-12-22(13-11-21)33-17-20-8-6-5-7-9-20)25-27(31)24-19(3)15-18(2)16-23(24)34-28(25)29(30)32/h5-13,15-16,26H,4,14,17H2,1-3H3. The van der Waals surface area contributed by atoms with Gasteiger partial charge in [-0.25, -0.2) is 0 Å². The van der Waals surface area contributed by atoms with Crippen LogP contribution in [-0.4, -0.2) is 17.4 Å². The summed E-state index contributed by atoms with van der Waals surface area (Å²) in [5.41, 5.74) is 4.57. The van der Waals surface area contributed by atoms with Gasteiger partial charge in [0.2, 0.25) is 5.76 Å². The summed E-state index contributed by atoms with van der Waals surface area (Å²) in [5.74, 6) is 0.658. The summed E-state index contributed by atoms with van der Waals surface area (Å²) in [6, 6.07) is 20.9. The average Bonchev–Trinajstić information content (AvgIpc) is 3.10. The molecule has 5 heteroatoms. The van der Waals surface area contributed by atoms with Crippen molar-refractivity contribution in [2.24, 2.45) is 0 Å². The van der Waals surface area contributed by atoms with Gasteiger partial charge in [0.25, 0.3) is 5.91 Å². The third-order valence-corrected chi connectivity index (χ3v) is 6.32. The third kappa shape index (κ3) is 3.77. The Morgan fingerprint density at radius 3 is 2.41 bits per heavy atom. The second kappa shape index (κ2) is 8.82. The van der Waals surface area contributed by atoms with Crippen molar-refractivity contribution in [3.8, 4) is 5.75 Å². The van der Waals surface area contributed by atoms with Crippen LogP contribution in [-0.2, 0) is 6.61 Å². The molecule has 1 aromatic heterocycles. The first kappa shape index (κ1) is 22.0. The second-order valence-corrected chi connectivity index (χ2v) is 8.87. The molecular weight excluding hydrogens is 426 g/mol. The van der Waals surface area contributed by atoms with Crippen LogP contribution in [0, 0.1) is 13.8 Å². The molecule has 0 aliphatic carbocycles. The quantitative estimate of drug-likeness (QED) is 0.362. The van der Waals surface area contributed by atoms with Crippen LogP contribution in [0.3, 0.4) is 0 Å². The van der Waals surface area contributed by atoms with Crippen molar-refractivity contribution in [1.29, 1.82) is 0 Å². The Morgan fingerprint density at radius 2 is 1.71 bits per heavy atom. The lowest BCUT2D eigenvalue weighted by Gasteiger charge is -2.24. The Hall–Kier alpha value is -3.86. The molecule has 5 rings (SSSR count). The van der Waals surface area contributed by atoms with Crippen LogP contribution in [0.2, 0.25) is 0 Å². The van der Waals surface area contributed by atoms with Crippen molar-refractivity contribution in [1.82, 2.24) is 4.90 Å². The molecule has 0 saturated heterocycles. The predicted octanol–water partition coefficient (Wildman–Crippen LogP) is 5.94. The number of aryl methyl sites for hydroxylation is 2. The van der Waals surface area contributed by atoms with Crippen molar-refractivity contribution in [2.45, 2.75) is 39.8 Å². The molecule has 4 aromatic rings. The molecule has 0 bridgehead atoms. The smallest absolute Gasteiger partial charge is 0.290 e. The molecule has 1 aliphatic rings.